The Bertz CT molecular complexity index is 131. The van der Waals surface area contributed by atoms with E-state index in [9.17, 15) is 9.59 Å². The van der Waals surface area contributed by atoms with Gasteiger partial charge < -0.3 is 10.1 Å². The fourth-order valence-corrected chi connectivity index (χ4v) is 0.317. The fraction of sp³-hybridized carbons (Fsp3) is 0.333. The molecule has 50 valence electrons. The number of carbonyl (C=O) groups is 2. The van der Waals surface area contributed by atoms with Gasteiger partial charge >= 0.3 is 0 Å². The Balaban J connectivity index is 3.58. The van der Waals surface area contributed by atoms with Crippen LogP contribution in [0.25, 0.3) is 0 Å². The summed E-state index contributed by atoms with van der Waals surface area (Å²) in [7, 11) is 0. The Kier molecular flexibility index (Phi) is 3.35. The molecular weight excluding hydrogens is 118 g/mol. The number of aldehydes is 1. The van der Waals surface area contributed by atoms with Crippen molar-refractivity contribution in [1.82, 2.24) is 5.32 Å². The summed E-state index contributed by atoms with van der Waals surface area (Å²) in [5.41, 5.74) is 0. The van der Waals surface area contributed by atoms with Crippen LogP contribution in [0, 0.1) is 0 Å². The predicted octanol–water partition coefficient (Wildman–Crippen LogP) is -0.124. The summed E-state index contributed by atoms with van der Waals surface area (Å²) in [6, 6.07) is -0.421. The van der Waals surface area contributed by atoms with E-state index < -0.39 is 6.04 Å². The van der Waals surface area contributed by atoms with Gasteiger partial charge in [0.2, 0.25) is 5.91 Å². The van der Waals surface area contributed by atoms with Crippen molar-refractivity contribution in [3.8, 4) is 0 Å². The average Bonchev–Trinajstić information content (AvgIpc) is 1.87. The Hall–Kier alpha value is -1.12. The number of carbonyl (C=O) groups excluding carboxylic acids is 2. The molecule has 0 spiro atoms. The van der Waals surface area contributed by atoms with Crippen molar-refractivity contribution in [3.05, 3.63) is 12.7 Å². The second kappa shape index (κ2) is 3.83. The van der Waals surface area contributed by atoms with Crippen molar-refractivity contribution in [2.75, 3.05) is 0 Å². The zero-order valence-corrected chi connectivity index (χ0v) is 5.26. The van der Waals surface area contributed by atoms with Crippen LogP contribution in [0.3, 0.4) is 0 Å². The Morgan fingerprint density at radius 2 is 2.33 bits per heavy atom. The van der Waals surface area contributed by atoms with Gasteiger partial charge in [0.15, 0.2) is 0 Å². The molecule has 3 nitrogen and oxygen atoms in total. The van der Waals surface area contributed by atoms with E-state index in [0.29, 0.717) is 6.29 Å². The Morgan fingerprint density at radius 3 is 2.67 bits per heavy atom. The molecule has 0 heterocycles. The zero-order valence-electron chi connectivity index (χ0n) is 5.26. The minimum Gasteiger partial charge on any atom is -0.343 e. The molecule has 1 atom stereocenters. The molecule has 1 N–H and O–H groups in total. The highest BCUT2D eigenvalue weighted by atomic mass is 16.2. The first kappa shape index (κ1) is 7.88. The molecular formula is C6H9NO2. The van der Waals surface area contributed by atoms with Gasteiger partial charge in [0.25, 0.3) is 0 Å². The summed E-state index contributed by atoms with van der Waals surface area (Å²) in [6.07, 6.45) is 1.78. The van der Waals surface area contributed by atoms with Crippen molar-refractivity contribution >= 4 is 12.2 Å². The number of amides is 1. The maximum atomic E-state index is 10.4. The third-order valence-electron chi connectivity index (χ3n) is 0.759. The van der Waals surface area contributed by atoms with E-state index in [0.717, 1.165) is 6.08 Å². The van der Waals surface area contributed by atoms with Crippen molar-refractivity contribution in [2.45, 2.75) is 13.0 Å². The SMILES string of the molecule is C=CC(=O)NC(C)C=O. The zero-order chi connectivity index (χ0) is 7.28. The van der Waals surface area contributed by atoms with Gasteiger partial charge in [-0.15, -0.1) is 0 Å². The second-order valence-electron chi connectivity index (χ2n) is 1.64. The quantitative estimate of drug-likeness (QED) is 0.424. The van der Waals surface area contributed by atoms with Crippen LogP contribution in [0.1, 0.15) is 6.92 Å². The molecule has 1 unspecified atom stereocenters. The molecule has 1 amide bonds. The lowest BCUT2D eigenvalue weighted by Gasteiger charge is -2.01. The summed E-state index contributed by atoms with van der Waals surface area (Å²) >= 11 is 0. The molecule has 0 radical (unpaired) electrons. The van der Waals surface area contributed by atoms with Gasteiger partial charge in [0.05, 0.1) is 6.04 Å². The lowest BCUT2D eigenvalue weighted by atomic mass is 10.4. The van der Waals surface area contributed by atoms with E-state index in [1.807, 2.05) is 0 Å². The van der Waals surface area contributed by atoms with Crippen LogP contribution in [0.15, 0.2) is 12.7 Å². The largest absolute Gasteiger partial charge is 0.343 e. The van der Waals surface area contributed by atoms with Gasteiger partial charge in [0, 0.05) is 0 Å². The summed E-state index contributed by atoms with van der Waals surface area (Å²) in [6.45, 7) is 4.81. The number of hydrogen-bond donors (Lipinski definition) is 1. The third kappa shape index (κ3) is 3.46. The highest BCUT2D eigenvalue weighted by Gasteiger charge is 1.99. The molecule has 0 aromatic carbocycles. The summed E-state index contributed by atoms with van der Waals surface area (Å²) in [5.74, 6) is -0.324. The third-order valence-corrected chi connectivity index (χ3v) is 0.759. The Morgan fingerprint density at radius 1 is 1.78 bits per heavy atom. The molecule has 0 aliphatic carbocycles. The maximum Gasteiger partial charge on any atom is 0.243 e. The number of nitrogens with one attached hydrogen (secondary N) is 1. The fourth-order valence-electron chi connectivity index (χ4n) is 0.317. The minimum atomic E-state index is -0.421. The van der Waals surface area contributed by atoms with Crippen molar-refractivity contribution in [2.24, 2.45) is 0 Å². The maximum absolute atomic E-state index is 10.4. The van der Waals surface area contributed by atoms with E-state index in [2.05, 4.69) is 11.9 Å². The van der Waals surface area contributed by atoms with Crippen LogP contribution < -0.4 is 5.32 Å². The standard InChI is InChI=1S/C6H9NO2/c1-3-6(9)7-5(2)4-8/h3-5H,1H2,2H3,(H,7,9). The lowest BCUT2D eigenvalue weighted by molar-refractivity contribution is -0.119. The van der Waals surface area contributed by atoms with Crippen LogP contribution in [0.2, 0.25) is 0 Å². The summed E-state index contributed by atoms with van der Waals surface area (Å²) < 4.78 is 0. The molecule has 0 aromatic rings. The molecule has 0 rings (SSSR count). The first-order chi connectivity index (χ1) is 4.20. The minimum absolute atomic E-state index is 0.324. The van der Waals surface area contributed by atoms with E-state index in [4.69, 9.17) is 0 Å². The topological polar surface area (TPSA) is 46.2 Å². The molecule has 0 aliphatic heterocycles. The first-order valence-electron chi connectivity index (χ1n) is 2.59. The van der Waals surface area contributed by atoms with E-state index >= 15 is 0 Å². The van der Waals surface area contributed by atoms with Crippen molar-refractivity contribution in [3.63, 3.8) is 0 Å². The molecule has 0 saturated heterocycles. The van der Waals surface area contributed by atoms with Crippen LogP contribution >= 0.6 is 0 Å². The van der Waals surface area contributed by atoms with Gasteiger partial charge in [-0.3, -0.25) is 4.79 Å². The van der Waals surface area contributed by atoms with Gasteiger partial charge in [-0.1, -0.05) is 6.58 Å². The van der Waals surface area contributed by atoms with Crippen LogP contribution in [-0.4, -0.2) is 18.2 Å². The lowest BCUT2D eigenvalue weighted by Crippen LogP contribution is -2.31. The van der Waals surface area contributed by atoms with Gasteiger partial charge in [-0.05, 0) is 13.0 Å². The second-order valence-corrected chi connectivity index (χ2v) is 1.64. The smallest absolute Gasteiger partial charge is 0.243 e. The normalized spacial score (nSPS) is 11.7. The molecule has 0 bridgehead atoms. The Labute approximate surface area is 53.7 Å². The highest BCUT2D eigenvalue weighted by molar-refractivity contribution is 5.88. The van der Waals surface area contributed by atoms with Crippen LogP contribution in [0.5, 0.6) is 0 Å². The predicted molar refractivity (Wildman–Crippen MR) is 33.9 cm³/mol. The average molecular weight is 127 g/mol. The van der Waals surface area contributed by atoms with Crippen LogP contribution in [0.4, 0.5) is 0 Å². The summed E-state index contributed by atoms with van der Waals surface area (Å²) in [5, 5.41) is 2.35. The molecule has 3 heteroatoms. The molecule has 0 fully saturated rings. The van der Waals surface area contributed by atoms with Crippen molar-refractivity contribution in [1.29, 1.82) is 0 Å². The molecule has 0 saturated carbocycles. The number of rotatable bonds is 3. The van der Waals surface area contributed by atoms with Crippen molar-refractivity contribution < 1.29 is 9.59 Å². The van der Waals surface area contributed by atoms with E-state index in [1.54, 1.807) is 6.92 Å². The number of hydrogen-bond acceptors (Lipinski definition) is 2. The van der Waals surface area contributed by atoms with E-state index in [1.165, 1.54) is 0 Å². The first-order valence-corrected chi connectivity index (χ1v) is 2.59. The molecule has 0 aromatic heterocycles. The van der Waals surface area contributed by atoms with Gasteiger partial charge in [0.1, 0.15) is 6.29 Å². The van der Waals surface area contributed by atoms with E-state index in [-0.39, 0.29) is 5.91 Å². The monoisotopic (exact) mass is 127 g/mol. The molecule has 9 heavy (non-hydrogen) atoms. The summed E-state index contributed by atoms with van der Waals surface area (Å²) in [4.78, 5) is 20.3. The molecule has 0 aliphatic rings. The van der Waals surface area contributed by atoms with Gasteiger partial charge in [-0.25, -0.2) is 0 Å². The van der Waals surface area contributed by atoms with Gasteiger partial charge in [-0.2, -0.15) is 0 Å². The van der Waals surface area contributed by atoms with Crippen LogP contribution in [-0.2, 0) is 9.59 Å². The highest BCUT2D eigenvalue weighted by Crippen LogP contribution is 1.73.